The molecule has 0 atom stereocenters. The van der Waals surface area contributed by atoms with Crippen molar-refractivity contribution in [2.24, 2.45) is 7.05 Å². The van der Waals surface area contributed by atoms with Crippen LogP contribution in [0.1, 0.15) is 5.56 Å². The molecule has 24 heavy (non-hydrogen) atoms. The Morgan fingerprint density at radius 2 is 1.75 bits per heavy atom. The van der Waals surface area contributed by atoms with Crippen LogP contribution in [0, 0.1) is 0 Å². The summed E-state index contributed by atoms with van der Waals surface area (Å²) in [6.07, 6.45) is 4.55. The first-order valence-electron chi connectivity index (χ1n) is 8.44. The largest absolute Gasteiger partial charge is 0.352 e. The monoisotopic (exact) mass is 322 g/mol. The Kier molecular flexibility index (Phi) is 4.13. The van der Waals surface area contributed by atoms with Crippen molar-refractivity contribution < 1.29 is 0 Å². The number of nitrogens with zero attached hydrogens (tertiary/aromatic N) is 6. The highest BCUT2D eigenvalue weighted by molar-refractivity contribution is 5.83. The Balaban J connectivity index is 1.39. The molecule has 0 aliphatic carbocycles. The molecule has 3 heterocycles. The summed E-state index contributed by atoms with van der Waals surface area (Å²) in [5, 5.41) is 0. The molecule has 124 valence electrons. The van der Waals surface area contributed by atoms with Gasteiger partial charge in [-0.05, 0) is 12.0 Å². The van der Waals surface area contributed by atoms with Crippen LogP contribution < -0.4 is 4.90 Å². The van der Waals surface area contributed by atoms with E-state index in [1.165, 1.54) is 5.56 Å². The highest BCUT2D eigenvalue weighted by Gasteiger charge is 2.21. The van der Waals surface area contributed by atoms with E-state index in [1.54, 1.807) is 12.7 Å². The van der Waals surface area contributed by atoms with Gasteiger partial charge in [-0.3, -0.25) is 4.90 Å². The summed E-state index contributed by atoms with van der Waals surface area (Å²) >= 11 is 0. The topological polar surface area (TPSA) is 50.1 Å². The molecule has 1 saturated heterocycles. The van der Waals surface area contributed by atoms with Crippen LogP contribution in [0.5, 0.6) is 0 Å². The van der Waals surface area contributed by atoms with E-state index >= 15 is 0 Å². The van der Waals surface area contributed by atoms with Crippen LogP contribution in [-0.2, 0) is 13.5 Å². The molecule has 0 spiro atoms. The number of hydrogen-bond donors (Lipinski definition) is 0. The van der Waals surface area contributed by atoms with Crippen LogP contribution in [0.15, 0.2) is 43.0 Å². The van der Waals surface area contributed by atoms with E-state index in [0.717, 1.165) is 56.1 Å². The first-order valence-corrected chi connectivity index (χ1v) is 8.44. The van der Waals surface area contributed by atoms with Crippen LogP contribution in [-0.4, -0.2) is 57.1 Å². The lowest BCUT2D eigenvalue weighted by atomic mass is 10.1. The number of fused-ring (bicyclic) bond motifs is 1. The third kappa shape index (κ3) is 2.97. The molecule has 0 saturated carbocycles. The van der Waals surface area contributed by atoms with Crippen LogP contribution in [0.25, 0.3) is 11.2 Å². The lowest BCUT2D eigenvalue weighted by molar-refractivity contribution is 0.260. The fourth-order valence-electron chi connectivity index (χ4n) is 3.28. The van der Waals surface area contributed by atoms with Gasteiger partial charge in [-0.2, -0.15) is 0 Å². The number of benzene rings is 1. The molecule has 1 fully saturated rings. The van der Waals surface area contributed by atoms with Crippen molar-refractivity contribution in [3.63, 3.8) is 0 Å². The zero-order valence-corrected chi connectivity index (χ0v) is 14.0. The molecule has 2 aromatic heterocycles. The Hall–Kier alpha value is -2.47. The smallest absolute Gasteiger partial charge is 0.165 e. The summed E-state index contributed by atoms with van der Waals surface area (Å²) in [5.41, 5.74) is 3.20. The average Bonchev–Trinajstić information content (AvgIpc) is 3.03. The summed E-state index contributed by atoms with van der Waals surface area (Å²) in [5.74, 6) is 0.961. The number of aromatic nitrogens is 4. The molecule has 0 N–H and O–H groups in total. The zero-order chi connectivity index (χ0) is 16.4. The molecule has 0 bridgehead atoms. The molecule has 6 nitrogen and oxygen atoms in total. The van der Waals surface area contributed by atoms with Gasteiger partial charge in [0.05, 0.1) is 6.33 Å². The molecule has 1 aliphatic rings. The Labute approximate surface area is 141 Å². The summed E-state index contributed by atoms with van der Waals surface area (Å²) in [4.78, 5) is 18.1. The summed E-state index contributed by atoms with van der Waals surface area (Å²) in [6.45, 7) is 5.20. The van der Waals surface area contributed by atoms with E-state index in [4.69, 9.17) is 0 Å². The van der Waals surface area contributed by atoms with Gasteiger partial charge in [0, 0.05) is 39.8 Å². The van der Waals surface area contributed by atoms with Gasteiger partial charge in [-0.1, -0.05) is 30.3 Å². The standard InChI is InChI=1S/C18H22N6/c1-22-14-21-16-17(22)19-13-20-18(16)24-11-9-23(10-12-24)8-7-15-5-3-2-4-6-15/h2-6,13-14H,7-12H2,1H3. The number of imidazole rings is 1. The maximum absolute atomic E-state index is 4.48. The quantitative estimate of drug-likeness (QED) is 0.732. The van der Waals surface area contributed by atoms with Crippen molar-refractivity contribution in [3.05, 3.63) is 48.5 Å². The minimum atomic E-state index is 0.895. The third-order valence-electron chi connectivity index (χ3n) is 4.71. The molecular weight excluding hydrogens is 300 g/mol. The van der Waals surface area contributed by atoms with E-state index in [0.29, 0.717) is 0 Å². The molecule has 1 aromatic carbocycles. The Bertz CT molecular complexity index is 805. The van der Waals surface area contributed by atoms with Gasteiger partial charge >= 0.3 is 0 Å². The van der Waals surface area contributed by atoms with Gasteiger partial charge in [0.15, 0.2) is 17.0 Å². The molecule has 3 aromatic rings. The minimum absolute atomic E-state index is 0.895. The van der Waals surface area contributed by atoms with E-state index in [9.17, 15) is 0 Å². The van der Waals surface area contributed by atoms with E-state index in [-0.39, 0.29) is 0 Å². The molecule has 1 aliphatic heterocycles. The van der Waals surface area contributed by atoms with Crippen molar-refractivity contribution in [3.8, 4) is 0 Å². The number of anilines is 1. The Morgan fingerprint density at radius 3 is 2.54 bits per heavy atom. The molecule has 0 amide bonds. The number of rotatable bonds is 4. The maximum Gasteiger partial charge on any atom is 0.165 e. The molecule has 6 heteroatoms. The molecule has 0 radical (unpaired) electrons. The highest BCUT2D eigenvalue weighted by Crippen LogP contribution is 2.22. The second kappa shape index (κ2) is 6.57. The third-order valence-corrected chi connectivity index (χ3v) is 4.71. The molecule has 0 unspecified atom stereocenters. The van der Waals surface area contributed by atoms with Crippen LogP contribution in [0.3, 0.4) is 0 Å². The van der Waals surface area contributed by atoms with Crippen molar-refractivity contribution in [1.82, 2.24) is 24.4 Å². The van der Waals surface area contributed by atoms with Gasteiger partial charge in [-0.25, -0.2) is 15.0 Å². The fraction of sp³-hybridized carbons (Fsp3) is 0.389. The van der Waals surface area contributed by atoms with Gasteiger partial charge in [-0.15, -0.1) is 0 Å². The van der Waals surface area contributed by atoms with Gasteiger partial charge < -0.3 is 9.47 Å². The van der Waals surface area contributed by atoms with Gasteiger partial charge in [0.25, 0.3) is 0 Å². The van der Waals surface area contributed by atoms with E-state index in [1.807, 2.05) is 11.6 Å². The molecular formula is C18H22N6. The fourth-order valence-corrected chi connectivity index (χ4v) is 3.28. The van der Waals surface area contributed by atoms with E-state index in [2.05, 4.69) is 55.1 Å². The van der Waals surface area contributed by atoms with Crippen LogP contribution in [0.4, 0.5) is 5.82 Å². The lowest BCUT2D eigenvalue weighted by Crippen LogP contribution is -2.47. The normalized spacial score (nSPS) is 16.0. The lowest BCUT2D eigenvalue weighted by Gasteiger charge is -2.35. The average molecular weight is 322 g/mol. The van der Waals surface area contributed by atoms with Crippen molar-refractivity contribution in [2.75, 3.05) is 37.6 Å². The van der Waals surface area contributed by atoms with Gasteiger partial charge in [0.2, 0.25) is 0 Å². The predicted molar refractivity (Wildman–Crippen MR) is 95.1 cm³/mol. The number of piperazine rings is 1. The first kappa shape index (κ1) is 15.1. The van der Waals surface area contributed by atoms with Crippen LogP contribution in [0.2, 0.25) is 0 Å². The van der Waals surface area contributed by atoms with Gasteiger partial charge in [0.1, 0.15) is 6.33 Å². The van der Waals surface area contributed by atoms with Crippen molar-refractivity contribution >= 4 is 17.0 Å². The number of hydrogen-bond acceptors (Lipinski definition) is 5. The van der Waals surface area contributed by atoms with E-state index < -0.39 is 0 Å². The maximum atomic E-state index is 4.48. The van der Waals surface area contributed by atoms with Crippen molar-refractivity contribution in [2.45, 2.75) is 6.42 Å². The Morgan fingerprint density at radius 1 is 0.958 bits per heavy atom. The molecule has 4 rings (SSSR count). The SMILES string of the molecule is Cn1cnc2c(N3CCN(CCc4ccccc4)CC3)ncnc21. The first-order chi connectivity index (χ1) is 11.8. The predicted octanol–water partition coefficient (Wildman–Crippen LogP) is 1.73. The summed E-state index contributed by atoms with van der Waals surface area (Å²) < 4.78 is 1.94. The minimum Gasteiger partial charge on any atom is -0.352 e. The zero-order valence-electron chi connectivity index (χ0n) is 14.0. The second-order valence-electron chi connectivity index (χ2n) is 6.29. The van der Waals surface area contributed by atoms with Crippen LogP contribution >= 0.6 is 0 Å². The highest BCUT2D eigenvalue weighted by atomic mass is 15.3. The second-order valence-corrected chi connectivity index (χ2v) is 6.29. The summed E-state index contributed by atoms with van der Waals surface area (Å²) in [6, 6.07) is 10.7. The summed E-state index contributed by atoms with van der Waals surface area (Å²) in [7, 11) is 1.97. The number of aryl methyl sites for hydroxylation is 1. The van der Waals surface area contributed by atoms with Crippen molar-refractivity contribution in [1.29, 1.82) is 0 Å².